The Kier molecular flexibility index (Phi) is 6.99. The number of hydrogen-bond donors (Lipinski definition) is 2. The molecule has 0 fully saturated rings. The Bertz CT molecular complexity index is 804. The predicted octanol–water partition coefficient (Wildman–Crippen LogP) is 4.34. The van der Waals surface area contributed by atoms with E-state index in [1.54, 1.807) is 11.3 Å². The zero-order valence-electron chi connectivity index (χ0n) is 15.9. The smallest absolute Gasteiger partial charge is 0.191 e. The van der Waals surface area contributed by atoms with Gasteiger partial charge in [-0.25, -0.2) is 9.98 Å². The van der Waals surface area contributed by atoms with E-state index in [4.69, 9.17) is 4.99 Å². The molecule has 0 aliphatic heterocycles. The zero-order chi connectivity index (χ0) is 18.9. The Balaban J connectivity index is 1.75. The molecule has 0 amide bonds. The second kappa shape index (κ2) is 9.88. The van der Waals surface area contributed by atoms with Crippen molar-refractivity contribution in [2.45, 2.75) is 26.3 Å². The van der Waals surface area contributed by atoms with Gasteiger partial charge in [-0.3, -0.25) is 0 Å². The number of hydrogen-bond acceptors (Lipinski definition) is 3. The minimum atomic E-state index is 0.265. The van der Waals surface area contributed by atoms with Crippen molar-refractivity contribution in [3.63, 3.8) is 0 Å². The van der Waals surface area contributed by atoms with Gasteiger partial charge in [0.2, 0.25) is 0 Å². The third-order valence-electron chi connectivity index (χ3n) is 4.45. The van der Waals surface area contributed by atoms with Crippen LogP contribution in [0.1, 0.15) is 34.5 Å². The first-order valence-corrected chi connectivity index (χ1v) is 10.2. The van der Waals surface area contributed by atoms with Crippen LogP contribution in [0.25, 0.3) is 0 Å². The van der Waals surface area contributed by atoms with Crippen molar-refractivity contribution in [3.05, 3.63) is 87.9 Å². The third-order valence-corrected chi connectivity index (χ3v) is 5.37. The molecule has 3 rings (SSSR count). The molecule has 0 aliphatic carbocycles. The average molecular weight is 379 g/mol. The minimum Gasteiger partial charge on any atom is -0.357 e. The van der Waals surface area contributed by atoms with Crippen LogP contribution in [0.15, 0.2) is 71.2 Å². The van der Waals surface area contributed by atoms with E-state index in [1.165, 1.54) is 16.0 Å². The summed E-state index contributed by atoms with van der Waals surface area (Å²) in [6.45, 7) is 6.37. The molecule has 0 bridgehead atoms. The van der Waals surface area contributed by atoms with Gasteiger partial charge < -0.3 is 10.6 Å². The maximum Gasteiger partial charge on any atom is 0.191 e. The van der Waals surface area contributed by atoms with Crippen molar-refractivity contribution in [2.24, 2.45) is 4.99 Å². The van der Waals surface area contributed by atoms with Gasteiger partial charge in [-0.05, 0) is 25.0 Å². The van der Waals surface area contributed by atoms with E-state index in [0.29, 0.717) is 6.54 Å². The normalized spacial score (nSPS) is 11.6. The molecule has 0 atom stereocenters. The van der Waals surface area contributed by atoms with Crippen LogP contribution in [0.4, 0.5) is 0 Å². The number of nitrogens with zero attached hydrogens (tertiary/aromatic N) is 2. The maximum absolute atomic E-state index is 4.74. The minimum absolute atomic E-state index is 0.265. The van der Waals surface area contributed by atoms with Crippen LogP contribution in [-0.4, -0.2) is 24.0 Å². The lowest BCUT2D eigenvalue weighted by atomic mass is 9.91. The fraction of sp³-hybridized carbons (Fsp3) is 0.273. The molecule has 1 aromatic heterocycles. The molecule has 27 heavy (non-hydrogen) atoms. The van der Waals surface area contributed by atoms with Gasteiger partial charge in [0.15, 0.2) is 5.96 Å². The summed E-state index contributed by atoms with van der Waals surface area (Å²) in [4.78, 5) is 10.2. The van der Waals surface area contributed by atoms with Gasteiger partial charge in [0.25, 0.3) is 0 Å². The first-order valence-electron chi connectivity index (χ1n) is 9.29. The number of guanidine groups is 1. The molecule has 2 N–H and O–H groups in total. The van der Waals surface area contributed by atoms with E-state index in [9.17, 15) is 0 Å². The quantitative estimate of drug-likeness (QED) is 0.475. The standard InChI is InChI=1S/C22H26N4S/c1-3-23-22(25-15-21-17(2)26-16-27-21)24-14-20(18-10-6-4-7-11-18)19-12-8-5-9-13-19/h4-13,16,20H,3,14-15H2,1-2H3,(H2,23,24,25). The summed E-state index contributed by atoms with van der Waals surface area (Å²) in [5, 5.41) is 6.87. The molecule has 140 valence electrons. The fourth-order valence-corrected chi connectivity index (χ4v) is 3.67. The van der Waals surface area contributed by atoms with Crippen LogP contribution in [0.5, 0.6) is 0 Å². The second-order valence-corrected chi connectivity index (χ2v) is 7.25. The molecule has 0 radical (unpaired) electrons. The zero-order valence-corrected chi connectivity index (χ0v) is 16.7. The van der Waals surface area contributed by atoms with Crippen molar-refractivity contribution < 1.29 is 0 Å². The first-order chi connectivity index (χ1) is 13.3. The molecule has 0 saturated carbocycles. The summed E-state index contributed by atoms with van der Waals surface area (Å²) in [5.74, 6) is 1.10. The summed E-state index contributed by atoms with van der Waals surface area (Å²) in [7, 11) is 0. The van der Waals surface area contributed by atoms with Crippen molar-refractivity contribution in [1.29, 1.82) is 0 Å². The van der Waals surface area contributed by atoms with Gasteiger partial charge in [0, 0.05) is 23.9 Å². The molecule has 0 saturated heterocycles. The Labute approximate surface area is 165 Å². The van der Waals surface area contributed by atoms with Gasteiger partial charge in [0.05, 0.1) is 17.7 Å². The number of aromatic nitrogens is 1. The van der Waals surface area contributed by atoms with Gasteiger partial charge >= 0.3 is 0 Å². The highest BCUT2D eigenvalue weighted by Crippen LogP contribution is 2.23. The number of thiazole rings is 1. The summed E-state index contributed by atoms with van der Waals surface area (Å²) in [5.41, 5.74) is 5.53. The van der Waals surface area contributed by atoms with Crippen LogP contribution in [-0.2, 0) is 6.54 Å². The highest BCUT2D eigenvalue weighted by Gasteiger charge is 2.14. The third kappa shape index (κ3) is 5.41. The molecular weight excluding hydrogens is 352 g/mol. The molecular formula is C22H26N4S. The van der Waals surface area contributed by atoms with Gasteiger partial charge in [0.1, 0.15) is 0 Å². The number of aliphatic imine (C=N–C) groups is 1. The van der Waals surface area contributed by atoms with Crippen LogP contribution >= 0.6 is 11.3 Å². The SMILES string of the molecule is CCNC(=NCc1scnc1C)NCC(c1ccccc1)c1ccccc1. The molecule has 5 heteroatoms. The summed E-state index contributed by atoms with van der Waals surface area (Å²) in [6.07, 6.45) is 0. The van der Waals surface area contributed by atoms with Crippen molar-refractivity contribution in [1.82, 2.24) is 15.6 Å². The lowest BCUT2D eigenvalue weighted by Crippen LogP contribution is -2.39. The molecule has 0 spiro atoms. The number of rotatable bonds is 7. The van der Waals surface area contributed by atoms with Crippen LogP contribution < -0.4 is 10.6 Å². The monoisotopic (exact) mass is 378 g/mol. The first kappa shape index (κ1) is 19.1. The van der Waals surface area contributed by atoms with E-state index in [0.717, 1.165) is 24.7 Å². The van der Waals surface area contributed by atoms with E-state index in [-0.39, 0.29) is 5.92 Å². The lowest BCUT2D eigenvalue weighted by molar-refractivity contribution is 0.729. The topological polar surface area (TPSA) is 49.3 Å². The Hall–Kier alpha value is -2.66. The highest BCUT2D eigenvalue weighted by molar-refractivity contribution is 7.09. The molecule has 2 aromatic carbocycles. The number of benzene rings is 2. The number of aryl methyl sites for hydroxylation is 1. The molecule has 3 aromatic rings. The molecule has 0 aliphatic rings. The largest absolute Gasteiger partial charge is 0.357 e. The van der Waals surface area contributed by atoms with E-state index >= 15 is 0 Å². The molecule has 4 nitrogen and oxygen atoms in total. The maximum atomic E-state index is 4.74. The van der Waals surface area contributed by atoms with Crippen molar-refractivity contribution in [3.8, 4) is 0 Å². The fourth-order valence-electron chi connectivity index (χ4n) is 2.97. The van der Waals surface area contributed by atoms with Crippen LogP contribution in [0.2, 0.25) is 0 Å². The summed E-state index contributed by atoms with van der Waals surface area (Å²) in [6, 6.07) is 21.2. The van der Waals surface area contributed by atoms with E-state index in [1.807, 2.05) is 12.4 Å². The van der Waals surface area contributed by atoms with Gasteiger partial charge in [-0.1, -0.05) is 60.7 Å². The van der Waals surface area contributed by atoms with Gasteiger partial charge in [-0.2, -0.15) is 0 Å². The Morgan fingerprint density at radius 1 is 1.00 bits per heavy atom. The number of nitrogens with one attached hydrogen (secondary N) is 2. The van der Waals surface area contributed by atoms with E-state index in [2.05, 4.69) is 83.2 Å². The summed E-state index contributed by atoms with van der Waals surface area (Å²) >= 11 is 1.65. The average Bonchev–Trinajstić information content (AvgIpc) is 3.12. The van der Waals surface area contributed by atoms with Crippen molar-refractivity contribution in [2.75, 3.05) is 13.1 Å². The predicted molar refractivity (Wildman–Crippen MR) is 114 cm³/mol. The van der Waals surface area contributed by atoms with Gasteiger partial charge in [-0.15, -0.1) is 11.3 Å². The molecule has 1 heterocycles. The highest BCUT2D eigenvalue weighted by atomic mass is 32.1. The van der Waals surface area contributed by atoms with E-state index < -0.39 is 0 Å². The Morgan fingerprint density at radius 2 is 1.63 bits per heavy atom. The van der Waals surface area contributed by atoms with Crippen LogP contribution in [0.3, 0.4) is 0 Å². The summed E-state index contributed by atoms with van der Waals surface area (Å²) < 4.78 is 0. The van der Waals surface area contributed by atoms with Crippen LogP contribution in [0, 0.1) is 6.92 Å². The van der Waals surface area contributed by atoms with Crippen molar-refractivity contribution >= 4 is 17.3 Å². The second-order valence-electron chi connectivity index (χ2n) is 6.31. The Morgan fingerprint density at radius 3 is 2.15 bits per heavy atom. The lowest BCUT2D eigenvalue weighted by Gasteiger charge is -2.20. The molecule has 0 unspecified atom stereocenters.